The Bertz CT molecular complexity index is 427. The summed E-state index contributed by atoms with van der Waals surface area (Å²) in [6, 6.07) is 4.27. The van der Waals surface area contributed by atoms with Crippen LogP contribution in [0.2, 0.25) is 0 Å². The largest absolute Gasteiger partial charge is 0.343 e. The van der Waals surface area contributed by atoms with Crippen molar-refractivity contribution in [3.05, 3.63) is 27.7 Å². The molecule has 0 N–H and O–H groups in total. The molecule has 0 unspecified atom stereocenters. The van der Waals surface area contributed by atoms with Gasteiger partial charge in [0, 0.05) is 21.4 Å². The third kappa shape index (κ3) is 1.47. The average Bonchev–Trinajstić information content (AvgIpc) is 2.90. The van der Waals surface area contributed by atoms with Crippen LogP contribution in [0, 0.1) is 0 Å². The first-order chi connectivity index (χ1) is 7.77. The van der Waals surface area contributed by atoms with Crippen LogP contribution in [0.1, 0.15) is 17.5 Å². The number of ether oxygens (including phenoxy) is 2. The van der Waals surface area contributed by atoms with Crippen molar-refractivity contribution in [2.75, 3.05) is 19.5 Å². The zero-order valence-electron chi connectivity index (χ0n) is 9.09. The first kappa shape index (κ1) is 11.1. The molecule has 0 radical (unpaired) electrons. The molecule has 0 atom stereocenters. The maximum Gasteiger partial charge on any atom is 0.196 e. The number of hydrogen-bond acceptors (Lipinski definition) is 3. The van der Waals surface area contributed by atoms with Crippen molar-refractivity contribution < 1.29 is 9.47 Å². The minimum absolute atomic E-state index is 0.447. The van der Waals surface area contributed by atoms with Gasteiger partial charge in [0.15, 0.2) is 5.79 Å². The predicted octanol–water partition coefficient (Wildman–Crippen LogP) is 3.32. The first-order valence-electron chi connectivity index (χ1n) is 5.40. The lowest BCUT2D eigenvalue weighted by atomic mass is 10.1. The summed E-state index contributed by atoms with van der Waals surface area (Å²) in [5, 5.41) is 0. The molecule has 16 heavy (non-hydrogen) atoms. The van der Waals surface area contributed by atoms with Gasteiger partial charge in [-0.1, -0.05) is 15.9 Å². The van der Waals surface area contributed by atoms with Crippen LogP contribution < -0.4 is 0 Å². The first-order valence-corrected chi connectivity index (χ1v) is 7.42. The van der Waals surface area contributed by atoms with Gasteiger partial charge in [-0.2, -0.15) is 0 Å². The van der Waals surface area contributed by atoms with E-state index in [1.807, 2.05) is 0 Å². The van der Waals surface area contributed by atoms with Crippen molar-refractivity contribution in [3.8, 4) is 0 Å². The van der Waals surface area contributed by atoms with Crippen molar-refractivity contribution >= 4 is 27.7 Å². The van der Waals surface area contributed by atoms with Gasteiger partial charge in [-0.05, 0) is 30.4 Å². The Balaban J connectivity index is 2.19. The molecule has 1 aromatic rings. The normalized spacial score (nSPS) is 21.6. The molecule has 3 rings (SSSR count). The van der Waals surface area contributed by atoms with E-state index >= 15 is 0 Å². The lowest BCUT2D eigenvalue weighted by molar-refractivity contribution is -0.164. The van der Waals surface area contributed by atoms with Crippen LogP contribution >= 0.6 is 27.7 Å². The number of fused-ring (bicyclic) bond motifs is 2. The Kier molecular flexibility index (Phi) is 2.78. The van der Waals surface area contributed by atoms with Crippen molar-refractivity contribution in [2.24, 2.45) is 0 Å². The number of thioether (sulfide) groups is 1. The average molecular weight is 301 g/mol. The predicted molar refractivity (Wildman–Crippen MR) is 67.8 cm³/mol. The molecule has 1 aliphatic carbocycles. The highest BCUT2D eigenvalue weighted by Crippen LogP contribution is 2.49. The fraction of sp³-hybridized carbons (Fsp3) is 0.500. The van der Waals surface area contributed by atoms with Crippen molar-refractivity contribution in [3.63, 3.8) is 0 Å². The van der Waals surface area contributed by atoms with Gasteiger partial charge in [0.1, 0.15) is 0 Å². The third-order valence-electron chi connectivity index (χ3n) is 3.28. The number of rotatable bonds is 1. The van der Waals surface area contributed by atoms with Gasteiger partial charge in [-0.25, -0.2) is 0 Å². The highest BCUT2D eigenvalue weighted by atomic mass is 79.9. The second-order valence-electron chi connectivity index (χ2n) is 4.05. The molecule has 0 aromatic heterocycles. The van der Waals surface area contributed by atoms with Gasteiger partial charge >= 0.3 is 0 Å². The SMILES string of the molecule is CSc1ccc(Br)c2c1C1(CC2)OCCO1. The molecule has 86 valence electrons. The van der Waals surface area contributed by atoms with Crippen LogP contribution in [-0.2, 0) is 21.7 Å². The summed E-state index contributed by atoms with van der Waals surface area (Å²) in [6.07, 6.45) is 4.08. The molecular formula is C12H13BrO2S. The van der Waals surface area contributed by atoms with Crippen molar-refractivity contribution in [1.82, 2.24) is 0 Å². The summed E-state index contributed by atoms with van der Waals surface area (Å²) in [7, 11) is 0. The van der Waals surface area contributed by atoms with Gasteiger partial charge in [-0.15, -0.1) is 11.8 Å². The molecule has 1 aliphatic heterocycles. The molecule has 1 heterocycles. The van der Waals surface area contributed by atoms with Crippen LogP contribution in [0.15, 0.2) is 21.5 Å². The van der Waals surface area contributed by atoms with Gasteiger partial charge in [0.25, 0.3) is 0 Å². The fourth-order valence-electron chi connectivity index (χ4n) is 2.59. The summed E-state index contributed by atoms with van der Waals surface area (Å²) < 4.78 is 12.9. The van der Waals surface area contributed by atoms with E-state index in [9.17, 15) is 0 Å². The molecule has 1 saturated heterocycles. The zero-order valence-corrected chi connectivity index (χ0v) is 11.5. The van der Waals surface area contributed by atoms with Crippen LogP contribution in [0.5, 0.6) is 0 Å². The Morgan fingerprint density at radius 2 is 2.06 bits per heavy atom. The number of benzene rings is 1. The molecule has 0 bridgehead atoms. The second-order valence-corrected chi connectivity index (χ2v) is 5.76. The molecule has 1 fully saturated rings. The highest BCUT2D eigenvalue weighted by molar-refractivity contribution is 9.10. The van der Waals surface area contributed by atoms with Crippen molar-refractivity contribution in [1.29, 1.82) is 0 Å². The summed E-state index contributed by atoms with van der Waals surface area (Å²) in [6.45, 7) is 1.42. The van der Waals surface area contributed by atoms with Gasteiger partial charge in [0.05, 0.1) is 13.2 Å². The minimum Gasteiger partial charge on any atom is -0.343 e. The Morgan fingerprint density at radius 1 is 1.31 bits per heavy atom. The maximum absolute atomic E-state index is 5.87. The van der Waals surface area contributed by atoms with Gasteiger partial charge in [0.2, 0.25) is 0 Å². The smallest absolute Gasteiger partial charge is 0.196 e. The molecule has 1 aromatic carbocycles. The lowest BCUT2D eigenvalue weighted by Gasteiger charge is -2.25. The Labute approximate surface area is 108 Å². The monoisotopic (exact) mass is 300 g/mol. The summed E-state index contributed by atoms with van der Waals surface area (Å²) in [4.78, 5) is 1.28. The second kappa shape index (κ2) is 4.02. The van der Waals surface area contributed by atoms with Gasteiger partial charge < -0.3 is 9.47 Å². The van der Waals surface area contributed by atoms with E-state index in [1.54, 1.807) is 11.8 Å². The molecule has 2 aliphatic rings. The van der Waals surface area contributed by atoms with E-state index in [4.69, 9.17) is 9.47 Å². The maximum atomic E-state index is 5.87. The lowest BCUT2D eigenvalue weighted by Crippen LogP contribution is -2.24. The van der Waals surface area contributed by atoms with Crippen LogP contribution in [0.4, 0.5) is 0 Å². The quantitative estimate of drug-likeness (QED) is 0.741. The minimum atomic E-state index is -0.447. The van der Waals surface area contributed by atoms with E-state index in [-0.39, 0.29) is 0 Å². The zero-order chi connectivity index (χ0) is 11.2. The molecule has 4 heteroatoms. The molecule has 2 nitrogen and oxygen atoms in total. The number of halogens is 1. The molecule has 0 amide bonds. The molecular weight excluding hydrogens is 288 g/mol. The van der Waals surface area contributed by atoms with E-state index in [0.29, 0.717) is 13.2 Å². The summed E-state index contributed by atoms with van der Waals surface area (Å²) in [5.41, 5.74) is 2.61. The van der Waals surface area contributed by atoms with Gasteiger partial charge in [-0.3, -0.25) is 0 Å². The topological polar surface area (TPSA) is 18.5 Å². The summed E-state index contributed by atoms with van der Waals surface area (Å²) in [5.74, 6) is -0.447. The Hall–Kier alpha value is -0.0300. The summed E-state index contributed by atoms with van der Waals surface area (Å²) >= 11 is 5.38. The van der Waals surface area contributed by atoms with Crippen LogP contribution in [-0.4, -0.2) is 19.5 Å². The molecule has 1 spiro atoms. The fourth-order valence-corrected chi connectivity index (χ4v) is 3.81. The van der Waals surface area contributed by atoms with E-state index in [0.717, 1.165) is 12.8 Å². The van der Waals surface area contributed by atoms with Crippen LogP contribution in [0.25, 0.3) is 0 Å². The third-order valence-corrected chi connectivity index (χ3v) is 4.80. The Morgan fingerprint density at radius 3 is 2.75 bits per heavy atom. The number of hydrogen-bond donors (Lipinski definition) is 0. The van der Waals surface area contributed by atoms with E-state index in [2.05, 4.69) is 34.3 Å². The van der Waals surface area contributed by atoms with E-state index in [1.165, 1.54) is 20.5 Å². The van der Waals surface area contributed by atoms with E-state index < -0.39 is 5.79 Å². The van der Waals surface area contributed by atoms with Crippen LogP contribution in [0.3, 0.4) is 0 Å². The standard InChI is InChI=1S/C12H13BrO2S/c1-16-10-3-2-9(13)8-4-5-12(11(8)10)14-6-7-15-12/h2-3H,4-7H2,1H3. The van der Waals surface area contributed by atoms with Crippen molar-refractivity contribution in [2.45, 2.75) is 23.5 Å². The highest BCUT2D eigenvalue weighted by Gasteiger charge is 2.46. The molecule has 0 saturated carbocycles.